The van der Waals surface area contributed by atoms with Crippen molar-refractivity contribution in [3.63, 3.8) is 0 Å². The van der Waals surface area contributed by atoms with Gasteiger partial charge in [-0.05, 0) is 49.2 Å². The number of rotatable bonds is 8. The molecule has 0 radical (unpaired) electrons. The molecule has 32 heavy (non-hydrogen) atoms. The van der Waals surface area contributed by atoms with Gasteiger partial charge in [-0.15, -0.1) is 10.2 Å². The molecule has 2 heterocycles. The number of thioether (sulfide) groups is 1. The van der Waals surface area contributed by atoms with Crippen molar-refractivity contribution in [2.45, 2.75) is 23.2 Å². The van der Waals surface area contributed by atoms with E-state index in [4.69, 9.17) is 9.47 Å². The van der Waals surface area contributed by atoms with Crippen LogP contribution in [0.25, 0.3) is 0 Å². The van der Waals surface area contributed by atoms with Gasteiger partial charge in [-0.2, -0.15) is 0 Å². The maximum atomic E-state index is 13.3. The molecule has 1 N–H and O–H groups in total. The van der Waals surface area contributed by atoms with Crippen LogP contribution in [0.15, 0.2) is 46.8 Å². The number of carbonyl (C=O) groups is 1. The first-order chi connectivity index (χ1) is 15.6. The van der Waals surface area contributed by atoms with E-state index in [1.165, 1.54) is 35.2 Å². The fraction of sp³-hybridized carbons (Fsp3) is 0.318. The van der Waals surface area contributed by atoms with Gasteiger partial charge in [-0.1, -0.05) is 29.2 Å². The number of hydrogen-bond donors (Lipinski definition) is 1. The van der Waals surface area contributed by atoms with Gasteiger partial charge in [-0.3, -0.25) is 4.79 Å². The summed E-state index contributed by atoms with van der Waals surface area (Å²) in [6.07, 6.45) is 1.81. The summed E-state index contributed by atoms with van der Waals surface area (Å²) in [5.74, 6) is 1.46. The number of methoxy groups -OCH3 is 2. The van der Waals surface area contributed by atoms with E-state index < -0.39 is 0 Å². The monoisotopic (exact) mass is 474 g/mol. The summed E-state index contributed by atoms with van der Waals surface area (Å²) >= 11 is 2.67. The van der Waals surface area contributed by atoms with Crippen LogP contribution in [-0.4, -0.2) is 47.5 Å². The highest BCUT2D eigenvalue weighted by atomic mass is 32.2. The molecule has 168 valence electrons. The largest absolute Gasteiger partial charge is 0.497 e. The third-order valence-corrected chi connectivity index (χ3v) is 7.13. The summed E-state index contributed by atoms with van der Waals surface area (Å²) in [5.41, 5.74) is 1.56. The standard InChI is InChI=1S/C22H23FN4O3S2/c1-29-16-8-9-19(30-2)17(12-16)18-7-4-10-27(18)20(28)13-31-22-26-25-21(32-22)24-15-6-3-5-14(23)11-15/h3,5-6,8-9,11-12,18H,4,7,10,13H2,1-2H3,(H,24,25)/t18-/m0/s1. The molecule has 3 aromatic rings. The number of amides is 1. The van der Waals surface area contributed by atoms with Crippen LogP contribution in [0.1, 0.15) is 24.4 Å². The van der Waals surface area contributed by atoms with E-state index in [2.05, 4.69) is 15.5 Å². The molecule has 0 aliphatic carbocycles. The molecule has 4 rings (SSSR count). The average Bonchev–Trinajstić information content (AvgIpc) is 3.47. The molecule has 2 aromatic carbocycles. The Kier molecular flexibility index (Phi) is 7.11. The lowest BCUT2D eigenvalue weighted by atomic mass is 10.0. The molecule has 1 saturated heterocycles. The number of nitrogens with one attached hydrogen (secondary N) is 1. The number of nitrogens with zero attached hydrogens (tertiary/aromatic N) is 3. The SMILES string of the molecule is COc1ccc(OC)c([C@@H]2CCCN2C(=O)CSc2nnc(Nc3cccc(F)c3)s2)c1. The summed E-state index contributed by atoms with van der Waals surface area (Å²) in [6.45, 7) is 0.701. The minimum absolute atomic E-state index is 0.0391. The van der Waals surface area contributed by atoms with Crippen molar-refractivity contribution in [2.75, 3.05) is 31.8 Å². The number of carbonyl (C=O) groups excluding carboxylic acids is 1. The van der Waals surface area contributed by atoms with Crippen LogP contribution in [0, 0.1) is 5.82 Å². The third-order valence-electron chi connectivity index (χ3n) is 5.17. The number of benzene rings is 2. The molecule has 10 heteroatoms. The van der Waals surface area contributed by atoms with Gasteiger partial charge in [0.05, 0.1) is 26.0 Å². The number of anilines is 2. The Morgan fingerprint density at radius 1 is 1.25 bits per heavy atom. The smallest absolute Gasteiger partial charge is 0.233 e. The van der Waals surface area contributed by atoms with Gasteiger partial charge in [0.2, 0.25) is 11.0 Å². The van der Waals surface area contributed by atoms with Crippen molar-refractivity contribution < 1.29 is 18.7 Å². The molecule has 1 aliphatic rings. The Hall–Kier alpha value is -2.85. The minimum Gasteiger partial charge on any atom is -0.497 e. The predicted molar refractivity (Wildman–Crippen MR) is 124 cm³/mol. The summed E-state index contributed by atoms with van der Waals surface area (Å²) in [7, 11) is 3.26. The topological polar surface area (TPSA) is 76.6 Å². The lowest BCUT2D eigenvalue weighted by molar-refractivity contribution is -0.129. The lowest BCUT2D eigenvalue weighted by Crippen LogP contribution is -2.32. The Morgan fingerprint density at radius 2 is 2.12 bits per heavy atom. The van der Waals surface area contributed by atoms with Gasteiger partial charge in [-0.25, -0.2) is 4.39 Å². The molecule has 0 bridgehead atoms. The molecular weight excluding hydrogens is 451 g/mol. The number of aromatic nitrogens is 2. The highest BCUT2D eigenvalue weighted by molar-refractivity contribution is 8.01. The van der Waals surface area contributed by atoms with Crippen LogP contribution < -0.4 is 14.8 Å². The Labute approximate surface area is 193 Å². The zero-order chi connectivity index (χ0) is 22.5. The van der Waals surface area contributed by atoms with E-state index >= 15 is 0 Å². The second-order valence-electron chi connectivity index (χ2n) is 7.15. The summed E-state index contributed by atoms with van der Waals surface area (Å²) < 4.78 is 24.9. The molecule has 1 fully saturated rings. The van der Waals surface area contributed by atoms with Crippen LogP contribution >= 0.6 is 23.1 Å². The highest BCUT2D eigenvalue weighted by Crippen LogP contribution is 2.39. The molecule has 1 atom stereocenters. The first kappa shape index (κ1) is 22.3. The van der Waals surface area contributed by atoms with Crippen LogP contribution in [-0.2, 0) is 4.79 Å². The molecule has 1 aliphatic heterocycles. The summed E-state index contributed by atoms with van der Waals surface area (Å²) in [4.78, 5) is 14.9. The van der Waals surface area contributed by atoms with Gasteiger partial charge in [0.1, 0.15) is 17.3 Å². The van der Waals surface area contributed by atoms with E-state index in [1.807, 2.05) is 23.1 Å². The third kappa shape index (κ3) is 5.13. The number of ether oxygens (including phenoxy) is 2. The molecule has 1 aromatic heterocycles. The van der Waals surface area contributed by atoms with Crippen molar-refractivity contribution in [3.8, 4) is 11.5 Å². The Morgan fingerprint density at radius 3 is 2.91 bits per heavy atom. The molecule has 7 nitrogen and oxygen atoms in total. The van der Waals surface area contributed by atoms with Crippen molar-refractivity contribution in [1.82, 2.24) is 15.1 Å². The summed E-state index contributed by atoms with van der Waals surface area (Å²) in [5, 5.41) is 11.8. The Balaban J connectivity index is 1.39. The van der Waals surface area contributed by atoms with Gasteiger partial charge in [0.25, 0.3) is 0 Å². The van der Waals surface area contributed by atoms with Gasteiger partial charge in [0, 0.05) is 17.8 Å². The highest BCUT2D eigenvalue weighted by Gasteiger charge is 2.32. The van der Waals surface area contributed by atoms with E-state index in [0.29, 0.717) is 21.7 Å². The fourth-order valence-electron chi connectivity index (χ4n) is 3.70. The van der Waals surface area contributed by atoms with Crippen molar-refractivity contribution in [1.29, 1.82) is 0 Å². The minimum atomic E-state index is -0.326. The van der Waals surface area contributed by atoms with Crippen molar-refractivity contribution in [2.24, 2.45) is 0 Å². The number of hydrogen-bond acceptors (Lipinski definition) is 8. The maximum absolute atomic E-state index is 13.3. The molecular formula is C22H23FN4O3S2. The van der Waals surface area contributed by atoms with E-state index in [9.17, 15) is 9.18 Å². The summed E-state index contributed by atoms with van der Waals surface area (Å²) in [6, 6.07) is 11.8. The van der Waals surface area contributed by atoms with Crippen LogP contribution in [0.2, 0.25) is 0 Å². The second-order valence-corrected chi connectivity index (χ2v) is 9.35. The maximum Gasteiger partial charge on any atom is 0.233 e. The van der Waals surface area contributed by atoms with Crippen LogP contribution in [0.4, 0.5) is 15.2 Å². The molecule has 0 spiro atoms. The van der Waals surface area contributed by atoms with E-state index in [1.54, 1.807) is 26.4 Å². The first-order valence-electron chi connectivity index (χ1n) is 10.1. The van der Waals surface area contributed by atoms with Gasteiger partial charge >= 0.3 is 0 Å². The number of likely N-dealkylation sites (tertiary alicyclic amines) is 1. The first-order valence-corrected chi connectivity index (χ1v) is 11.9. The molecule has 0 saturated carbocycles. The van der Waals surface area contributed by atoms with E-state index in [-0.39, 0.29) is 23.5 Å². The predicted octanol–water partition coefficient (Wildman–Crippen LogP) is 4.89. The van der Waals surface area contributed by atoms with Crippen LogP contribution in [0.5, 0.6) is 11.5 Å². The number of halogens is 1. The lowest BCUT2D eigenvalue weighted by Gasteiger charge is -2.26. The van der Waals surface area contributed by atoms with Crippen molar-refractivity contribution >= 4 is 39.8 Å². The average molecular weight is 475 g/mol. The zero-order valence-electron chi connectivity index (χ0n) is 17.7. The van der Waals surface area contributed by atoms with Gasteiger partial charge < -0.3 is 19.7 Å². The second kappa shape index (κ2) is 10.2. The fourth-order valence-corrected chi connectivity index (χ4v) is 5.36. The Bertz CT molecular complexity index is 1090. The molecule has 1 amide bonds. The molecule has 0 unspecified atom stereocenters. The zero-order valence-corrected chi connectivity index (χ0v) is 19.3. The van der Waals surface area contributed by atoms with Crippen molar-refractivity contribution in [3.05, 3.63) is 53.8 Å². The van der Waals surface area contributed by atoms with E-state index in [0.717, 1.165) is 29.9 Å². The van der Waals surface area contributed by atoms with Gasteiger partial charge in [0.15, 0.2) is 4.34 Å². The quantitative estimate of drug-likeness (QED) is 0.466. The normalized spacial score (nSPS) is 15.6. The van der Waals surface area contributed by atoms with Crippen LogP contribution in [0.3, 0.4) is 0 Å².